The zero-order valence-electron chi connectivity index (χ0n) is 15.5. The van der Waals surface area contributed by atoms with Crippen molar-refractivity contribution in [1.82, 2.24) is 14.8 Å². The molecule has 0 saturated heterocycles. The van der Waals surface area contributed by atoms with E-state index >= 15 is 0 Å². The fourth-order valence-electron chi connectivity index (χ4n) is 2.68. The van der Waals surface area contributed by atoms with E-state index in [9.17, 15) is 4.79 Å². The van der Waals surface area contributed by atoms with Crippen LogP contribution in [0.4, 0.5) is 11.4 Å². The Morgan fingerprint density at radius 1 is 1.07 bits per heavy atom. The summed E-state index contributed by atoms with van der Waals surface area (Å²) in [5.74, 6) is 0. The molecular formula is C20H15Cl2N5OS. The molecule has 0 spiro atoms. The fourth-order valence-corrected chi connectivity index (χ4v) is 3.79. The summed E-state index contributed by atoms with van der Waals surface area (Å²) in [6.07, 6.45) is 0. The molecule has 0 unspecified atom stereocenters. The average molecular weight is 444 g/mol. The van der Waals surface area contributed by atoms with Crippen molar-refractivity contribution < 1.29 is 0 Å². The molecule has 1 N–H and O–H groups in total. The van der Waals surface area contributed by atoms with E-state index < -0.39 is 0 Å². The number of aromatic nitrogens is 3. The third kappa shape index (κ3) is 4.03. The molecular weight excluding hydrogens is 429 g/mol. The number of benzene rings is 2. The first-order valence-corrected chi connectivity index (χ1v) is 10.3. The van der Waals surface area contributed by atoms with Gasteiger partial charge >= 0.3 is 5.56 Å². The van der Waals surface area contributed by atoms with Crippen molar-refractivity contribution in [2.75, 3.05) is 0 Å². The van der Waals surface area contributed by atoms with Gasteiger partial charge in [0.25, 0.3) is 0 Å². The number of halogens is 2. The number of nitrogens with zero attached hydrogens (tertiary/aromatic N) is 4. The van der Waals surface area contributed by atoms with E-state index in [0.29, 0.717) is 26.6 Å². The van der Waals surface area contributed by atoms with Crippen LogP contribution in [0, 0.1) is 13.8 Å². The van der Waals surface area contributed by atoms with E-state index in [2.05, 4.69) is 20.3 Å². The fraction of sp³-hybridized carbons (Fsp3) is 0.100. The number of rotatable bonds is 4. The topological polar surface area (TPSA) is 75.4 Å². The lowest BCUT2D eigenvalue weighted by molar-refractivity contribution is 0.827. The molecule has 2 aromatic heterocycles. The Balaban J connectivity index is 1.67. The zero-order valence-corrected chi connectivity index (χ0v) is 17.8. The Bertz CT molecular complexity index is 1270. The molecule has 9 heteroatoms. The minimum atomic E-state index is -0.339. The Labute approximate surface area is 180 Å². The van der Waals surface area contributed by atoms with E-state index in [4.69, 9.17) is 23.2 Å². The van der Waals surface area contributed by atoms with Crippen LogP contribution in [0.5, 0.6) is 0 Å². The van der Waals surface area contributed by atoms with Crippen molar-refractivity contribution in [3.05, 3.63) is 79.5 Å². The zero-order chi connectivity index (χ0) is 20.5. The highest BCUT2D eigenvalue weighted by molar-refractivity contribution is 7.12. The van der Waals surface area contributed by atoms with Crippen molar-refractivity contribution in [1.29, 1.82) is 0 Å². The minimum absolute atomic E-state index is 0.188. The second kappa shape index (κ2) is 7.94. The van der Waals surface area contributed by atoms with Crippen molar-refractivity contribution in [2.24, 2.45) is 10.2 Å². The number of nitrogens with one attached hydrogen (secondary N) is 1. The van der Waals surface area contributed by atoms with Gasteiger partial charge in [0.1, 0.15) is 5.69 Å². The quantitative estimate of drug-likeness (QED) is 0.359. The minimum Gasteiger partial charge on any atom is -0.291 e. The summed E-state index contributed by atoms with van der Waals surface area (Å²) in [6, 6.07) is 12.9. The van der Waals surface area contributed by atoms with Gasteiger partial charge in [0.2, 0.25) is 5.13 Å². The van der Waals surface area contributed by atoms with Crippen LogP contribution in [0.2, 0.25) is 10.0 Å². The predicted molar refractivity (Wildman–Crippen MR) is 118 cm³/mol. The van der Waals surface area contributed by atoms with Crippen molar-refractivity contribution in [3.8, 4) is 16.4 Å². The molecule has 0 bridgehead atoms. The highest BCUT2D eigenvalue weighted by Gasteiger charge is 2.15. The lowest BCUT2D eigenvalue weighted by atomic mass is 10.1. The van der Waals surface area contributed by atoms with Gasteiger partial charge in [0.15, 0.2) is 5.69 Å². The second-order valence-electron chi connectivity index (χ2n) is 6.40. The molecule has 0 fully saturated rings. The number of thiazole rings is 1. The maximum absolute atomic E-state index is 12.8. The van der Waals surface area contributed by atoms with Gasteiger partial charge in [-0.05, 0) is 32.0 Å². The van der Waals surface area contributed by atoms with Crippen LogP contribution < -0.4 is 5.56 Å². The van der Waals surface area contributed by atoms with E-state index in [1.54, 1.807) is 25.1 Å². The van der Waals surface area contributed by atoms with Crippen LogP contribution >= 0.6 is 34.5 Å². The van der Waals surface area contributed by atoms with Crippen LogP contribution in [0.25, 0.3) is 16.4 Å². The van der Waals surface area contributed by atoms with Gasteiger partial charge in [-0.3, -0.25) is 9.89 Å². The van der Waals surface area contributed by atoms with Crippen LogP contribution in [0.1, 0.15) is 11.3 Å². The van der Waals surface area contributed by atoms with Crippen molar-refractivity contribution >= 4 is 45.9 Å². The summed E-state index contributed by atoms with van der Waals surface area (Å²) in [5, 5.41) is 14.5. The van der Waals surface area contributed by atoms with E-state index in [-0.39, 0.29) is 11.2 Å². The number of hydrogen-bond acceptors (Lipinski definition) is 5. The number of H-pyrrole nitrogens is 1. The van der Waals surface area contributed by atoms with E-state index in [0.717, 1.165) is 11.3 Å². The van der Waals surface area contributed by atoms with Gasteiger partial charge in [-0.1, -0.05) is 53.0 Å². The van der Waals surface area contributed by atoms with Gasteiger partial charge in [-0.25, -0.2) is 4.98 Å². The highest BCUT2D eigenvalue weighted by Crippen LogP contribution is 2.30. The molecule has 0 amide bonds. The maximum Gasteiger partial charge on any atom is 0.301 e. The van der Waals surface area contributed by atoms with Crippen molar-refractivity contribution in [2.45, 2.75) is 13.8 Å². The summed E-state index contributed by atoms with van der Waals surface area (Å²) in [4.78, 5) is 17.4. The molecule has 0 aliphatic heterocycles. The number of aryl methyl sites for hydroxylation is 2. The Hall–Kier alpha value is -2.74. The molecule has 0 aliphatic rings. The first-order valence-electron chi connectivity index (χ1n) is 8.64. The molecule has 0 radical (unpaired) electrons. The Morgan fingerprint density at radius 2 is 1.83 bits per heavy atom. The number of azo groups is 1. The molecule has 0 saturated carbocycles. The van der Waals surface area contributed by atoms with Crippen LogP contribution in [-0.4, -0.2) is 14.8 Å². The third-order valence-corrected chi connectivity index (χ3v) is 5.62. The normalized spacial score (nSPS) is 11.4. The maximum atomic E-state index is 12.8. The van der Waals surface area contributed by atoms with E-state index in [1.807, 2.05) is 36.6 Å². The third-order valence-electron chi connectivity index (χ3n) is 4.24. The van der Waals surface area contributed by atoms with Crippen LogP contribution in [0.3, 0.4) is 0 Å². The van der Waals surface area contributed by atoms with Gasteiger partial charge in [0, 0.05) is 16.0 Å². The molecule has 6 nitrogen and oxygen atoms in total. The summed E-state index contributed by atoms with van der Waals surface area (Å²) in [7, 11) is 0. The molecule has 0 aliphatic carbocycles. The SMILES string of the molecule is Cc1ccc(-c2csc(-n3[nH]c(C)c(N=Nc4cc(Cl)ccc4Cl)c3=O)n2)cc1. The number of aromatic amines is 1. The van der Waals surface area contributed by atoms with Gasteiger partial charge in [0.05, 0.1) is 16.4 Å². The van der Waals surface area contributed by atoms with Crippen molar-refractivity contribution in [3.63, 3.8) is 0 Å². The smallest absolute Gasteiger partial charge is 0.291 e. The second-order valence-corrected chi connectivity index (χ2v) is 8.08. The molecule has 2 aromatic carbocycles. The predicted octanol–water partition coefficient (Wildman–Crippen LogP) is 6.63. The molecule has 4 rings (SSSR count). The summed E-state index contributed by atoms with van der Waals surface area (Å²) in [5.41, 5.74) is 3.78. The molecule has 4 aromatic rings. The lowest BCUT2D eigenvalue weighted by Gasteiger charge is -1.97. The number of hydrogen-bond donors (Lipinski definition) is 1. The molecule has 146 valence electrons. The summed E-state index contributed by atoms with van der Waals surface area (Å²) < 4.78 is 1.37. The lowest BCUT2D eigenvalue weighted by Crippen LogP contribution is -2.13. The van der Waals surface area contributed by atoms with Crippen LogP contribution in [-0.2, 0) is 0 Å². The average Bonchev–Trinajstić information content (AvgIpc) is 3.28. The largest absolute Gasteiger partial charge is 0.301 e. The Kier molecular flexibility index (Phi) is 5.36. The molecule has 0 atom stereocenters. The molecule has 29 heavy (non-hydrogen) atoms. The van der Waals surface area contributed by atoms with E-state index in [1.165, 1.54) is 21.6 Å². The first kappa shape index (κ1) is 19.6. The summed E-state index contributed by atoms with van der Waals surface area (Å²) >= 11 is 13.4. The first-order chi connectivity index (χ1) is 13.9. The Morgan fingerprint density at radius 3 is 2.59 bits per heavy atom. The van der Waals surface area contributed by atoms with Gasteiger partial charge in [-0.2, -0.15) is 4.68 Å². The molecule has 2 heterocycles. The summed E-state index contributed by atoms with van der Waals surface area (Å²) in [6.45, 7) is 3.78. The van der Waals surface area contributed by atoms with Gasteiger partial charge < -0.3 is 0 Å². The standard InChI is InChI=1S/C20H15Cl2N5OS/c1-11-3-5-13(6-4-11)17-10-29-20(23-17)27-19(28)18(12(2)26-27)25-24-16-9-14(21)7-8-15(16)22/h3-10,26H,1-2H3. The monoisotopic (exact) mass is 443 g/mol. The van der Waals surface area contributed by atoms with Gasteiger partial charge in [-0.15, -0.1) is 21.6 Å². The van der Waals surface area contributed by atoms with Crippen LogP contribution in [0.15, 0.2) is 62.9 Å². The highest BCUT2D eigenvalue weighted by atomic mass is 35.5.